The van der Waals surface area contributed by atoms with Crippen LogP contribution in [0.25, 0.3) is 6.08 Å². The van der Waals surface area contributed by atoms with E-state index in [1.165, 1.54) is 24.3 Å². The topological polar surface area (TPSA) is 57.7 Å². The fourth-order valence-corrected chi connectivity index (χ4v) is 7.82. The summed E-state index contributed by atoms with van der Waals surface area (Å²) < 4.78 is 28.0. The number of hydrogen-bond donors (Lipinski definition) is 0. The lowest BCUT2D eigenvalue weighted by atomic mass is 9.56. The number of hydrogen-bond acceptors (Lipinski definition) is 5. The highest BCUT2D eigenvalue weighted by Gasteiger charge is 2.77. The lowest BCUT2D eigenvalue weighted by molar-refractivity contribution is -0.132. The number of halogens is 2. The zero-order valence-corrected chi connectivity index (χ0v) is 24.2. The number of benzene rings is 4. The van der Waals surface area contributed by atoms with Gasteiger partial charge in [0, 0.05) is 48.8 Å². The first-order chi connectivity index (χ1) is 21.3. The maximum absolute atomic E-state index is 15.2. The molecular formula is C37H30F2N2O3. The number of nitrogens with zero attached hydrogens (tertiary/aromatic N) is 2. The number of fused-ring (bicyclic) bond motifs is 2. The standard InChI is InChI=1S/C37H30F2N2O3/c1-40-22-32(26-13-17-29(39)18-14-26)36(37(40)34(43)30-9-5-6-10-31(30)35(37)44)23-41(20-25-7-3-2-4-8-25)21-27(33(36)42)19-24-11-15-28(38)16-12-24/h2-19,32H,20-23H2,1H3/b27-19+/t32-,36+/m1/s1. The Balaban J connectivity index is 1.48. The Morgan fingerprint density at radius 1 is 0.750 bits per heavy atom. The lowest BCUT2D eigenvalue weighted by Crippen LogP contribution is -2.69. The smallest absolute Gasteiger partial charge is 0.192 e. The molecule has 44 heavy (non-hydrogen) atoms. The van der Waals surface area contributed by atoms with E-state index in [2.05, 4.69) is 4.90 Å². The summed E-state index contributed by atoms with van der Waals surface area (Å²) in [6.07, 6.45) is 1.74. The van der Waals surface area contributed by atoms with Crippen molar-refractivity contribution in [1.29, 1.82) is 0 Å². The Morgan fingerprint density at radius 2 is 1.32 bits per heavy atom. The second-order valence-corrected chi connectivity index (χ2v) is 12.1. The van der Waals surface area contributed by atoms with Crippen molar-refractivity contribution in [3.05, 3.63) is 148 Å². The highest BCUT2D eigenvalue weighted by molar-refractivity contribution is 6.36. The Morgan fingerprint density at radius 3 is 1.93 bits per heavy atom. The van der Waals surface area contributed by atoms with Crippen molar-refractivity contribution in [3.8, 4) is 0 Å². The van der Waals surface area contributed by atoms with Gasteiger partial charge in [-0.3, -0.25) is 24.2 Å². The molecule has 4 aromatic rings. The lowest BCUT2D eigenvalue weighted by Gasteiger charge is -2.50. The number of carbonyl (C=O) groups excluding carboxylic acids is 3. The van der Waals surface area contributed by atoms with Gasteiger partial charge in [0.2, 0.25) is 0 Å². The van der Waals surface area contributed by atoms with Crippen molar-refractivity contribution in [2.75, 3.05) is 26.7 Å². The van der Waals surface area contributed by atoms with Crippen molar-refractivity contribution in [3.63, 3.8) is 0 Å². The summed E-state index contributed by atoms with van der Waals surface area (Å²) in [6, 6.07) is 28.5. The SMILES string of the molecule is CN1C[C@H](c2ccc(F)cc2)[C@]2(CN(Cc3ccccc3)C/C(=C\c3ccc(F)cc3)C2=O)C12C(=O)c1ccccc1C2=O. The van der Waals surface area contributed by atoms with Crippen molar-refractivity contribution in [2.45, 2.75) is 18.0 Å². The molecule has 2 spiro atoms. The van der Waals surface area contributed by atoms with Crippen molar-refractivity contribution >= 4 is 23.4 Å². The number of ketones is 3. The van der Waals surface area contributed by atoms with Crippen LogP contribution in [-0.4, -0.2) is 59.4 Å². The minimum Gasteiger partial charge on any atom is -0.294 e. The zero-order chi connectivity index (χ0) is 30.6. The van der Waals surface area contributed by atoms with Crippen LogP contribution in [0.2, 0.25) is 0 Å². The van der Waals surface area contributed by atoms with Gasteiger partial charge < -0.3 is 0 Å². The van der Waals surface area contributed by atoms with Crippen LogP contribution >= 0.6 is 0 Å². The quantitative estimate of drug-likeness (QED) is 0.217. The Bertz CT molecular complexity index is 1780. The highest BCUT2D eigenvalue weighted by Crippen LogP contribution is 2.61. The summed E-state index contributed by atoms with van der Waals surface area (Å²) in [7, 11) is 1.74. The molecule has 220 valence electrons. The molecule has 3 aliphatic rings. The molecule has 7 rings (SSSR count). The van der Waals surface area contributed by atoms with E-state index in [4.69, 9.17) is 0 Å². The van der Waals surface area contributed by atoms with E-state index < -0.39 is 28.5 Å². The average molecular weight is 589 g/mol. The van der Waals surface area contributed by atoms with E-state index in [0.717, 1.165) is 5.56 Å². The first kappa shape index (κ1) is 28.2. The fourth-order valence-electron chi connectivity index (χ4n) is 7.82. The van der Waals surface area contributed by atoms with Gasteiger partial charge in [-0.1, -0.05) is 78.9 Å². The van der Waals surface area contributed by atoms with Gasteiger partial charge in [-0.25, -0.2) is 8.78 Å². The molecule has 2 heterocycles. The van der Waals surface area contributed by atoms with Crippen LogP contribution in [0.3, 0.4) is 0 Å². The van der Waals surface area contributed by atoms with Crippen molar-refractivity contribution in [2.24, 2.45) is 5.41 Å². The van der Waals surface area contributed by atoms with Crippen LogP contribution in [0.15, 0.2) is 109 Å². The number of rotatable bonds is 4. The normalized spacial score (nSPS) is 24.1. The number of carbonyl (C=O) groups is 3. The summed E-state index contributed by atoms with van der Waals surface area (Å²) in [6.45, 7) is 1.13. The summed E-state index contributed by atoms with van der Waals surface area (Å²) in [5, 5.41) is 0. The molecule has 0 aromatic heterocycles. The molecule has 5 nitrogen and oxygen atoms in total. The maximum Gasteiger partial charge on any atom is 0.192 e. The van der Waals surface area contributed by atoms with Gasteiger partial charge in [-0.2, -0.15) is 0 Å². The van der Waals surface area contributed by atoms with Crippen LogP contribution in [0.4, 0.5) is 8.78 Å². The van der Waals surface area contributed by atoms with E-state index in [1.807, 2.05) is 30.3 Å². The first-order valence-electron chi connectivity index (χ1n) is 14.7. The van der Waals surface area contributed by atoms with E-state index >= 15 is 4.79 Å². The molecule has 2 saturated heterocycles. The molecule has 0 radical (unpaired) electrons. The number of Topliss-reactive ketones (excluding diaryl/α,β-unsaturated/α-hetero) is 3. The van der Waals surface area contributed by atoms with Gasteiger partial charge in [0.15, 0.2) is 22.9 Å². The average Bonchev–Trinajstić information content (AvgIpc) is 3.42. The molecule has 2 aliphatic heterocycles. The second kappa shape index (κ2) is 10.5. The maximum atomic E-state index is 15.2. The third kappa shape index (κ3) is 4.07. The monoisotopic (exact) mass is 588 g/mol. The molecule has 7 heteroatoms. The first-order valence-corrected chi connectivity index (χ1v) is 14.7. The highest BCUT2D eigenvalue weighted by atomic mass is 19.1. The summed E-state index contributed by atoms with van der Waals surface area (Å²) in [4.78, 5) is 48.5. The fraction of sp³-hybridized carbons (Fsp3) is 0.216. The Hall–Kier alpha value is -4.59. The molecule has 0 bridgehead atoms. The second-order valence-electron chi connectivity index (χ2n) is 12.1. The number of likely N-dealkylation sites (tertiary alicyclic amines) is 2. The van der Waals surface area contributed by atoms with Crippen LogP contribution in [0, 0.1) is 17.0 Å². The van der Waals surface area contributed by atoms with Gasteiger partial charge in [-0.15, -0.1) is 0 Å². The van der Waals surface area contributed by atoms with Crippen LogP contribution < -0.4 is 0 Å². The van der Waals surface area contributed by atoms with E-state index in [1.54, 1.807) is 66.6 Å². The molecule has 4 aromatic carbocycles. The molecule has 0 amide bonds. The predicted octanol–water partition coefficient (Wildman–Crippen LogP) is 5.97. The Kier molecular flexibility index (Phi) is 6.76. The van der Waals surface area contributed by atoms with Gasteiger partial charge in [0.25, 0.3) is 0 Å². The van der Waals surface area contributed by atoms with Gasteiger partial charge in [0.1, 0.15) is 11.6 Å². The molecule has 2 fully saturated rings. The molecule has 2 atom stereocenters. The molecule has 0 saturated carbocycles. The van der Waals surface area contributed by atoms with Gasteiger partial charge in [0.05, 0.1) is 5.41 Å². The Labute approximate surface area is 254 Å². The number of piperidine rings is 1. The molecule has 0 unspecified atom stereocenters. The van der Waals surface area contributed by atoms with Crippen molar-refractivity contribution in [1.82, 2.24) is 9.80 Å². The third-order valence-electron chi connectivity index (χ3n) is 9.64. The van der Waals surface area contributed by atoms with E-state index in [9.17, 15) is 18.4 Å². The van der Waals surface area contributed by atoms with Crippen LogP contribution in [0.5, 0.6) is 0 Å². The molecule has 0 N–H and O–H groups in total. The van der Waals surface area contributed by atoms with Gasteiger partial charge in [-0.05, 0) is 54.1 Å². The van der Waals surface area contributed by atoms with Crippen LogP contribution in [-0.2, 0) is 11.3 Å². The van der Waals surface area contributed by atoms with E-state index in [-0.39, 0.29) is 37.0 Å². The van der Waals surface area contributed by atoms with Crippen molar-refractivity contribution < 1.29 is 23.2 Å². The third-order valence-corrected chi connectivity index (χ3v) is 9.64. The predicted molar refractivity (Wildman–Crippen MR) is 163 cm³/mol. The minimum atomic E-state index is -1.80. The number of likely N-dealkylation sites (N-methyl/N-ethyl adjacent to an activating group) is 1. The zero-order valence-electron chi connectivity index (χ0n) is 24.2. The summed E-state index contributed by atoms with van der Waals surface area (Å²) in [5.41, 5.74) is 0.0399. The largest absolute Gasteiger partial charge is 0.294 e. The van der Waals surface area contributed by atoms with E-state index in [0.29, 0.717) is 34.4 Å². The summed E-state index contributed by atoms with van der Waals surface area (Å²) >= 11 is 0. The molecular weight excluding hydrogens is 558 g/mol. The summed E-state index contributed by atoms with van der Waals surface area (Å²) in [5.74, 6) is -2.47. The van der Waals surface area contributed by atoms with Gasteiger partial charge >= 0.3 is 0 Å². The van der Waals surface area contributed by atoms with Crippen LogP contribution in [0.1, 0.15) is 43.3 Å². The molecule has 1 aliphatic carbocycles. The minimum absolute atomic E-state index is 0.138.